The van der Waals surface area contributed by atoms with E-state index in [4.69, 9.17) is 4.74 Å². The van der Waals surface area contributed by atoms with Crippen LogP contribution < -0.4 is 15.4 Å². The standard InChI is InChI=1S/C22H20N2O4/c1-27-22(26)16-7-9-17(10-8-16)23-15-21(25)24-18-11-13-20(14-12-18)28-19-5-3-2-4-6-19/h2-14,23H,15H2,1H3,(H,24,25). The molecule has 2 N–H and O–H groups in total. The summed E-state index contributed by atoms with van der Waals surface area (Å²) in [5, 5.41) is 5.81. The summed E-state index contributed by atoms with van der Waals surface area (Å²) in [4.78, 5) is 23.5. The fourth-order valence-corrected chi connectivity index (χ4v) is 2.46. The number of hydrogen-bond acceptors (Lipinski definition) is 5. The molecule has 0 saturated heterocycles. The van der Waals surface area contributed by atoms with E-state index in [2.05, 4.69) is 15.4 Å². The van der Waals surface area contributed by atoms with E-state index in [0.717, 1.165) is 11.4 Å². The topological polar surface area (TPSA) is 76.7 Å². The van der Waals surface area contributed by atoms with Crippen LogP contribution in [0.1, 0.15) is 10.4 Å². The zero-order valence-electron chi connectivity index (χ0n) is 15.3. The van der Waals surface area contributed by atoms with E-state index in [1.165, 1.54) is 7.11 Å². The van der Waals surface area contributed by atoms with Crippen molar-refractivity contribution in [1.29, 1.82) is 0 Å². The lowest BCUT2D eigenvalue weighted by Crippen LogP contribution is -2.21. The molecule has 6 heteroatoms. The highest BCUT2D eigenvalue weighted by atomic mass is 16.5. The van der Waals surface area contributed by atoms with Crippen molar-refractivity contribution in [3.8, 4) is 11.5 Å². The van der Waals surface area contributed by atoms with Crippen LogP contribution in [0, 0.1) is 0 Å². The van der Waals surface area contributed by atoms with E-state index in [1.807, 2.05) is 30.3 Å². The minimum absolute atomic E-state index is 0.0971. The highest BCUT2D eigenvalue weighted by Crippen LogP contribution is 2.22. The smallest absolute Gasteiger partial charge is 0.337 e. The number of esters is 1. The third kappa shape index (κ3) is 5.35. The van der Waals surface area contributed by atoms with Crippen LogP contribution in [0.5, 0.6) is 11.5 Å². The van der Waals surface area contributed by atoms with Crippen LogP contribution in [0.3, 0.4) is 0 Å². The molecule has 1 amide bonds. The molecular weight excluding hydrogens is 356 g/mol. The first kappa shape index (κ1) is 19.0. The third-order valence-electron chi connectivity index (χ3n) is 3.88. The van der Waals surface area contributed by atoms with Crippen LogP contribution in [0.15, 0.2) is 78.9 Å². The van der Waals surface area contributed by atoms with Gasteiger partial charge in [0.05, 0.1) is 19.2 Å². The Labute approximate surface area is 163 Å². The first-order valence-electron chi connectivity index (χ1n) is 8.69. The average Bonchev–Trinajstić information content (AvgIpc) is 2.74. The number of ether oxygens (including phenoxy) is 2. The van der Waals surface area contributed by atoms with Gasteiger partial charge in [0, 0.05) is 11.4 Å². The van der Waals surface area contributed by atoms with Gasteiger partial charge >= 0.3 is 5.97 Å². The van der Waals surface area contributed by atoms with Crippen LogP contribution in [0.25, 0.3) is 0 Å². The van der Waals surface area contributed by atoms with E-state index in [-0.39, 0.29) is 12.5 Å². The predicted molar refractivity (Wildman–Crippen MR) is 108 cm³/mol. The number of nitrogens with one attached hydrogen (secondary N) is 2. The molecular formula is C22H20N2O4. The van der Waals surface area contributed by atoms with Gasteiger partial charge in [0.15, 0.2) is 0 Å². The van der Waals surface area contributed by atoms with Crippen molar-refractivity contribution in [1.82, 2.24) is 0 Å². The molecule has 0 spiro atoms. The Morgan fingerprint density at radius 1 is 0.786 bits per heavy atom. The molecule has 0 radical (unpaired) electrons. The lowest BCUT2D eigenvalue weighted by Gasteiger charge is -2.09. The Morgan fingerprint density at radius 2 is 1.39 bits per heavy atom. The SMILES string of the molecule is COC(=O)c1ccc(NCC(=O)Nc2ccc(Oc3ccccc3)cc2)cc1. The molecule has 0 atom stereocenters. The van der Waals surface area contributed by atoms with Crippen molar-refractivity contribution in [2.45, 2.75) is 0 Å². The van der Waals surface area contributed by atoms with E-state index in [9.17, 15) is 9.59 Å². The minimum Gasteiger partial charge on any atom is -0.465 e. The molecule has 0 heterocycles. The number of carbonyl (C=O) groups excluding carboxylic acids is 2. The van der Waals surface area contributed by atoms with Crippen LogP contribution in [-0.2, 0) is 9.53 Å². The summed E-state index contributed by atoms with van der Waals surface area (Å²) in [5.74, 6) is 0.854. The van der Waals surface area contributed by atoms with Gasteiger partial charge in [-0.05, 0) is 60.7 Å². The molecule has 0 unspecified atom stereocenters. The van der Waals surface area contributed by atoms with Gasteiger partial charge in [-0.1, -0.05) is 18.2 Å². The molecule has 0 aliphatic heterocycles. The summed E-state index contributed by atoms with van der Waals surface area (Å²) < 4.78 is 10.4. The quantitative estimate of drug-likeness (QED) is 0.601. The van der Waals surface area contributed by atoms with Gasteiger partial charge in [0.1, 0.15) is 11.5 Å². The lowest BCUT2D eigenvalue weighted by molar-refractivity contribution is -0.114. The molecule has 3 aromatic carbocycles. The molecule has 6 nitrogen and oxygen atoms in total. The Hall–Kier alpha value is -3.80. The van der Waals surface area contributed by atoms with Gasteiger partial charge in [-0.2, -0.15) is 0 Å². The number of amides is 1. The first-order chi connectivity index (χ1) is 13.6. The molecule has 3 aromatic rings. The maximum Gasteiger partial charge on any atom is 0.337 e. The van der Waals surface area contributed by atoms with E-state index in [0.29, 0.717) is 17.0 Å². The maximum atomic E-state index is 12.1. The molecule has 28 heavy (non-hydrogen) atoms. The number of anilines is 2. The van der Waals surface area contributed by atoms with E-state index >= 15 is 0 Å². The van der Waals surface area contributed by atoms with Crippen molar-refractivity contribution in [3.63, 3.8) is 0 Å². The Bertz CT molecular complexity index is 923. The fraction of sp³-hybridized carbons (Fsp3) is 0.0909. The molecule has 142 valence electrons. The zero-order chi connectivity index (χ0) is 19.8. The second-order valence-electron chi connectivity index (χ2n) is 5.91. The Morgan fingerprint density at radius 3 is 2.04 bits per heavy atom. The summed E-state index contributed by atoms with van der Waals surface area (Å²) >= 11 is 0. The summed E-state index contributed by atoms with van der Waals surface area (Å²) in [7, 11) is 1.33. The number of hydrogen-bond donors (Lipinski definition) is 2. The third-order valence-corrected chi connectivity index (χ3v) is 3.88. The van der Waals surface area contributed by atoms with Crippen molar-refractivity contribution in [3.05, 3.63) is 84.4 Å². The van der Waals surface area contributed by atoms with Crippen LogP contribution in [-0.4, -0.2) is 25.5 Å². The molecule has 0 aliphatic rings. The molecule has 0 bridgehead atoms. The second kappa shape index (κ2) is 9.23. The lowest BCUT2D eigenvalue weighted by atomic mass is 10.2. The van der Waals surface area contributed by atoms with Crippen molar-refractivity contribution >= 4 is 23.3 Å². The maximum absolute atomic E-state index is 12.1. The van der Waals surface area contributed by atoms with E-state index in [1.54, 1.807) is 48.5 Å². The van der Waals surface area contributed by atoms with Crippen LogP contribution in [0.2, 0.25) is 0 Å². The monoisotopic (exact) mass is 376 g/mol. The Kier molecular flexibility index (Phi) is 6.25. The largest absolute Gasteiger partial charge is 0.465 e. The van der Waals surface area contributed by atoms with Gasteiger partial charge in [-0.25, -0.2) is 4.79 Å². The minimum atomic E-state index is -0.399. The summed E-state index contributed by atoms with van der Waals surface area (Å²) in [5.41, 5.74) is 1.86. The molecule has 0 fully saturated rings. The number of carbonyl (C=O) groups is 2. The summed E-state index contributed by atoms with van der Waals surface area (Å²) in [6.07, 6.45) is 0. The molecule has 3 rings (SSSR count). The van der Waals surface area contributed by atoms with Crippen LogP contribution >= 0.6 is 0 Å². The summed E-state index contributed by atoms with van der Waals surface area (Å²) in [6.45, 7) is 0.0971. The Balaban J connectivity index is 1.48. The van der Waals surface area contributed by atoms with Crippen molar-refractivity contribution in [2.75, 3.05) is 24.3 Å². The molecule has 0 saturated carbocycles. The number of rotatable bonds is 7. The second-order valence-corrected chi connectivity index (χ2v) is 5.91. The van der Waals surface area contributed by atoms with Crippen LogP contribution in [0.4, 0.5) is 11.4 Å². The van der Waals surface area contributed by atoms with Gasteiger partial charge in [0.2, 0.25) is 5.91 Å². The number of para-hydroxylation sites is 1. The predicted octanol–water partition coefficient (Wildman–Crippen LogP) is 4.32. The highest BCUT2D eigenvalue weighted by molar-refractivity contribution is 5.94. The first-order valence-corrected chi connectivity index (χ1v) is 8.69. The molecule has 0 aliphatic carbocycles. The normalized spacial score (nSPS) is 10.0. The van der Waals surface area contributed by atoms with E-state index < -0.39 is 5.97 Å². The van der Waals surface area contributed by atoms with Gasteiger partial charge in [0.25, 0.3) is 0 Å². The average molecular weight is 376 g/mol. The van der Waals surface area contributed by atoms with Crippen molar-refractivity contribution in [2.24, 2.45) is 0 Å². The zero-order valence-corrected chi connectivity index (χ0v) is 15.3. The van der Waals surface area contributed by atoms with Gasteiger partial charge in [-0.3, -0.25) is 4.79 Å². The van der Waals surface area contributed by atoms with Crippen molar-refractivity contribution < 1.29 is 19.1 Å². The summed E-state index contributed by atoms with van der Waals surface area (Å²) in [6, 6.07) is 23.3. The number of methoxy groups -OCH3 is 1. The van der Waals surface area contributed by atoms with Gasteiger partial charge in [-0.15, -0.1) is 0 Å². The molecule has 0 aromatic heterocycles. The fourth-order valence-electron chi connectivity index (χ4n) is 2.46. The number of benzene rings is 3. The highest BCUT2D eigenvalue weighted by Gasteiger charge is 2.06. The van der Waals surface area contributed by atoms with Gasteiger partial charge < -0.3 is 20.1 Å².